The van der Waals surface area contributed by atoms with Crippen molar-refractivity contribution >= 4 is 66.8 Å². The van der Waals surface area contributed by atoms with Crippen LogP contribution in [-0.4, -0.2) is 16.3 Å². The van der Waals surface area contributed by atoms with E-state index in [0.29, 0.717) is 5.11 Å². The van der Waals surface area contributed by atoms with E-state index in [4.69, 9.17) is 12.2 Å². The molecule has 6 heteroatoms. The van der Waals surface area contributed by atoms with E-state index in [1.807, 2.05) is 42.6 Å². The van der Waals surface area contributed by atoms with E-state index in [1.165, 1.54) is 0 Å². The molecule has 3 aromatic carbocycles. The van der Waals surface area contributed by atoms with Gasteiger partial charge in [0.25, 0.3) is 0 Å². The maximum absolute atomic E-state index is 5.36. The van der Waals surface area contributed by atoms with E-state index in [0.717, 1.165) is 37.4 Å². The number of nitrogens with zero attached hydrogens (tertiary/aromatic N) is 1. The maximum Gasteiger partial charge on any atom is 0.191 e. The van der Waals surface area contributed by atoms with Gasteiger partial charge in [0.05, 0.1) is 6.21 Å². The molecule has 0 aliphatic carbocycles. The second-order valence-corrected chi connectivity index (χ2v) is 7.11. The molecule has 3 N–H and O–H groups in total. The van der Waals surface area contributed by atoms with Gasteiger partial charge >= 0.3 is 0 Å². The fourth-order valence-electron chi connectivity index (χ4n) is 2.87. The molecule has 0 aliphatic heterocycles. The Morgan fingerprint density at radius 3 is 2.81 bits per heavy atom. The SMILES string of the molecule is S=C(N/N=C/c1c[nH]c2ccc(Br)cc12)Nc1cccc2ccccc12. The molecule has 0 saturated heterocycles. The van der Waals surface area contributed by atoms with Crippen LogP contribution < -0.4 is 10.7 Å². The molecular formula is C20H15BrN4S. The number of hydrogen-bond donors (Lipinski definition) is 3. The molecule has 4 aromatic rings. The standard InChI is InChI=1S/C20H15BrN4S/c21-15-8-9-18-17(10-15)14(11-22-18)12-23-25-20(26)24-19-7-3-5-13-4-1-2-6-16(13)19/h1-12,22H,(H2,24,25,26)/b23-12+. The molecular weight excluding hydrogens is 408 g/mol. The average molecular weight is 423 g/mol. The minimum atomic E-state index is 0.443. The third kappa shape index (κ3) is 3.47. The molecule has 0 amide bonds. The Balaban J connectivity index is 1.48. The fourth-order valence-corrected chi connectivity index (χ4v) is 3.39. The van der Waals surface area contributed by atoms with Crippen LogP contribution in [0.4, 0.5) is 5.69 Å². The Morgan fingerprint density at radius 1 is 1.04 bits per heavy atom. The van der Waals surface area contributed by atoms with Gasteiger partial charge in [0.2, 0.25) is 0 Å². The summed E-state index contributed by atoms with van der Waals surface area (Å²) >= 11 is 8.85. The number of hydrogen-bond acceptors (Lipinski definition) is 2. The van der Waals surface area contributed by atoms with Crippen molar-refractivity contribution in [2.24, 2.45) is 5.10 Å². The lowest BCUT2D eigenvalue weighted by Gasteiger charge is -2.09. The lowest BCUT2D eigenvalue weighted by molar-refractivity contribution is 1.05. The number of halogens is 1. The molecule has 26 heavy (non-hydrogen) atoms. The summed E-state index contributed by atoms with van der Waals surface area (Å²) in [5, 5.41) is 11.3. The highest BCUT2D eigenvalue weighted by molar-refractivity contribution is 9.10. The summed E-state index contributed by atoms with van der Waals surface area (Å²) in [6.45, 7) is 0. The number of thiocarbonyl (C=S) groups is 1. The molecule has 0 saturated carbocycles. The zero-order valence-electron chi connectivity index (χ0n) is 13.7. The average Bonchev–Trinajstić information content (AvgIpc) is 3.04. The van der Waals surface area contributed by atoms with Gasteiger partial charge in [-0.2, -0.15) is 5.10 Å². The molecule has 1 heterocycles. The van der Waals surface area contributed by atoms with E-state index in [2.05, 4.69) is 61.0 Å². The minimum absolute atomic E-state index is 0.443. The summed E-state index contributed by atoms with van der Waals surface area (Å²) in [5.74, 6) is 0. The smallest absolute Gasteiger partial charge is 0.191 e. The Morgan fingerprint density at radius 2 is 1.88 bits per heavy atom. The number of benzene rings is 3. The zero-order valence-corrected chi connectivity index (χ0v) is 16.1. The molecule has 128 valence electrons. The van der Waals surface area contributed by atoms with Crippen LogP contribution in [0.25, 0.3) is 21.7 Å². The molecule has 0 radical (unpaired) electrons. The van der Waals surface area contributed by atoms with E-state index in [-0.39, 0.29) is 0 Å². The predicted molar refractivity (Wildman–Crippen MR) is 117 cm³/mol. The predicted octanol–water partition coefficient (Wildman–Crippen LogP) is 5.40. The highest BCUT2D eigenvalue weighted by atomic mass is 79.9. The molecule has 0 fully saturated rings. The summed E-state index contributed by atoms with van der Waals surface area (Å²) in [4.78, 5) is 3.23. The number of nitrogens with one attached hydrogen (secondary N) is 3. The van der Waals surface area contributed by atoms with Crippen LogP contribution in [0.3, 0.4) is 0 Å². The summed E-state index contributed by atoms with van der Waals surface area (Å²) in [7, 11) is 0. The van der Waals surface area contributed by atoms with Gasteiger partial charge < -0.3 is 10.3 Å². The van der Waals surface area contributed by atoms with E-state index in [9.17, 15) is 0 Å². The summed E-state index contributed by atoms with van der Waals surface area (Å²) in [6, 6.07) is 20.3. The Bertz CT molecular complexity index is 1130. The van der Waals surface area contributed by atoms with Crippen LogP contribution in [-0.2, 0) is 0 Å². The van der Waals surface area contributed by atoms with Crippen LogP contribution in [0.15, 0.2) is 76.4 Å². The molecule has 4 rings (SSSR count). The monoisotopic (exact) mass is 422 g/mol. The largest absolute Gasteiger partial charge is 0.361 e. The molecule has 0 bridgehead atoms. The molecule has 4 nitrogen and oxygen atoms in total. The molecule has 0 aliphatic rings. The highest BCUT2D eigenvalue weighted by Gasteiger charge is 2.03. The fraction of sp³-hybridized carbons (Fsp3) is 0. The number of aromatic amines is 1. The number of hydrazone groups is 1. The van der Waals surface area contributed by atoms with Gasteiger partial charge in [-0.3, -0.25) is 5.43 Å². The van der Waals surface area contributed by atoms with Crippen molar-refractivity contribution in [1.29, 1.82) is 0 Å². The van der Waals surface area contributed by atoms with Gasteiger partial charge in [-0.05, 0) is 41.9 Å². The quantitative estimate of drug-likeness (QED) is 0.235. The summed E-state index contributed by atoms with van der Waals surface area (Å²) in [5.41, 5.74) is 5.88. The Kier molecular flexibility index (Phi) is 4.69. The first-order valence-corrected chi connectivity index (χ1v) is 9.25. The normalized spacial score (nSPS) is 11.3. The van der Waals surface area contributed by atoms with Crippen molar-refractivity contribution in [3.05, 3.63) is 76.9 Å². The lowest BCUT2D eigenvalue weighted by atomic mass is 10.1. The van der Waals surface area contributed by atoms with Crippen LogP contribution in [0.1, 0.15) is 5.56 Å². The van der Waals surface area contributed by atoms with Gasteiger partial charge in [-0.1, -0.05) is 52.3 Å². The number of H-pyrrole nitrogens is 1. The number of aromatic nitrogens is 1. The first kappa shape index (κ1) is 16.8. The van der Waals surface area contributed by atoms with Crippen molar-refractivity contribution in [3.8, 4) is 0 Å². The number of anilines is 1. The molecule has 0 atom stereocenters. The van der Waals surface area contributed by atoms with Crippen LogP contribution in [0.2, 0.25) is 0 Å². The van der Waals surface area contributed by atoms with Gasteiger partial charge in [0.15, 0.2) is 5.11 Å². The first-order valence-electron chi connectivity index (χ1n) is 8.05. The summed E-state index contributed by atoms with van der Waals surface area (Å²) < 4.78 is 1.03. The van der Waals surface area contributed by atoms with Gasteiger partial charge in [0, 0.05) is 38.2 Å². The number of fused-ring (bicyclic) bond motifs is 2. The highest BCUT2D eigenvalue weighted by Crippen LogP contribution is 2.23. The third-order valence-electron chi connectivity index (χ3n) is 4.08. The van der Waals surface area contributed by atoms with E-state index < -0.39 is 0 Å². The van der Waals surface area contributed by atoms with Crippen molar-refractivity contribution in [3.63, 3.8) is 0 Å². The van der Waals surface area contributed by atoms with Gasteiger partial charge in [-0.15, -0.1) is 0 Å². The van der Waals surface area contributed by atoms with Gasteiger partial charge in [0.1, 0.15) is 0 Å². The second kappa shape index (κ2) is 7.27. The first-order chi connectivity index (χ1) is 12.7. The molecule has 0 unspecified atom stereocenters. The molecule has 1 aromatic heterocycles. The van der Waals surface area contributed by atoms with Crippen molar-refractivity contribution in [1.82, 2.24) is 10.4 Å². The van der Waals surface area contributed by atoms with E-state index in [1.54, 1.807) is 6.21 Å². The Labute approximate surface area is 164 Å². The third-order valence-corrected chi connectivity index (χ3v) is 4.77. The second-order valence-electron chi connectivity index (χ2n) is 5.78. The maximum atomic E-state index is 5.36. The Hall–Kier alpha value is -2.70. The topological polar surface area (TPSA) is 52.2 Å². The van der Waals surface area contributed by atoms with Crippen molar-refractivity contribution in [2.45, 2.75) is 0 Å². The number of rotatable bonds is 3. The van der Waals surface area contributed by atoms with Crippen molar-refractivity contribution < 1.29 is 0 Å². The lowest BCUT2D eigenvalue weighted by Crippen LogP contribution is -2.23. The van der Waals surface area contributed by atoms with Gasteiger partial charge in [-0.25, -0.2) is 0 Å². The summed E-state index contributed by atoms with van der Waals surface area (Å²) in [6.07, 6.45) is 3.67. The minimum Gasteiger partial charge on any atom is -0.361 e. The van der Waals surface area contributed by atoms with E-state index >= 15 is 0 Å². The van der Waals surface area contributed by atoms with Crippen LogP contribution in [0.5, 0.6) is 0 Å². The van der Waals surface area contributed by atoms with Crippen molar-refractivity contribution in [2.75, 3.05) is 5.32 Å². The molecule has 0 spiro atoms. The zero-order chi connectivity index (χ0) is 17.9. The van der Waals surface area contributed by atoms with Crippen LogP contribution >= 0.6 is 28.1 Å². The van der Waals surface area contributed by atoms with Crippen LogP contribution in [0, 0.1) is 0 Å².